The van der Waals surface area contributed by atoms with E-state index in [2.05, 4.69) is 9.71 Å². The highest BCUT2D eigenvalue weighted by Crippen LogP contribution is 2.35. The lowest BCUT2D eigenvalue weighted by Gasteiger charge is -2.09. The molecule has 0 atom stereocenters. The second-order valence-corrected chi connectivity index (χ2v) is 8.48. The number of hydrogen-bond donors (Lipinski definition) is 1. The SMILES string of the molecule is Cc1cccc(F)c1-c1oc(Cc2ccccc2)nc1NS(=O)(=O)c1ccccc1. The third kappa shape index (κ3) is 4.11. The maximum atomic E-state index is 14.6. The number of sulfonamides is 1. The van der Waals surface area contributed by atoms with E-state index in [1.165, 1.54) is 18.2 Å². The van der Waals surface area contributed by atoms with Crippen molar-refractivity contribution < 1.29 is 17.2 Å². The van der Waals surface area contributed by atoms with Gasteiger partial charge in [0, 0.05) is 6.42 Å². The van der Waals surface area contributed by atoms with Crippen LogP contribution in [0.4, 0.5) is 10.2 Å². The molecule has 4 aromatic rings. The Balaban J connectivity index is 1.80. The fraction of sp³-hybridized carbons (Fsp3) is 0.0870. The summed E-state index contributed by atoms with van der Waals surface area (Å²) in [7, 11) is -3.92. The first-order valence-electron chi connectivity index (χ1n) is 9.31. The summed E-state index contributed by atoms with van der Waals surface area (Å²) in [5.41, 5.74) is 1.72. The van der Waals surface area contributed by atoms with E-state index in [1.807, 2.05) is 30.3 Å². The number of oxazole rings is 1. The van der Waals surface area contributed by atoms with Gasteiger partial charge in [-0.05, 0) is 36.2 Å². The summed E-state index contributed by atoms with van der Waals surface area (Å²) in [5, 5.41) is 0. The van der Waals surface area contributed by atoms with Crippen molar-refractivity contribution in [3.8, 4) is 11.3 Å². The van der Waals surface area contributed by atoms with Crippen molar-refractivity contribution in [3.63, 3.8) is 0 Å². The molecule has 0 spiro atoms. The maximum Gasteiger partial charge on any atom is 0.263 e. The molecule has 0 fully saturated rings. The zero-order valence-corrected chi connectivity index (χ0v) is 17.0. The summed E-state index contributed by atoms with van der Waals surface area (Å²) < 4.78 is 48.6. The van der Waals surface area contributed by atoms with E-state index in [-0.39, 0.29) is 27.9 Å². The molecule has 1 heterocycles. The molecule has 0 unspecified atom stereocenters. The number of hydrogen-bond acceptors (Lipinski definition) is 4. The van der Waals surface area contributed by atoms with Crippen molar-refractivity contribution >= 4 is 15.8 Å². The normalized spacial score (nSPS) is 11.4. The lowest BCUT2D eigenvalue weighted by molar-refractivity contribution is 0.514. The number of aromatic nitrogens is 1. The molecule has 5 nitrogen and oxygen atoms in total. The van der Waals surface area contributed by atoms with E-state index in [9.17, 15) is 12.8 Å². The van der Waals surface area contributed by atoms with Crippen LogP contribution in [0.15, 0.2) is 88.2 Å². The van der Waals surface area contributed by atoms with Gasteiger partial charge in [0.05, 0.1) is 10.5 Å². The minimum Gasteiger partial charge on any atom is -0.438 e. The fourth-order valence-electron chi connectivity index (χ4n) is 3.15. The Morgan fingerprint density at radius 2 is 1.60 bits per heavy atom. The molecule has 0 aliphatic rings. The molecule has 1 aromatic heterocycles. The van der Waals surface area contributed by atoms with Gasteiger partial charge in [0.1, 0.15) is 5.82 Å². The van der Waals surface area contributed by atoms with Crippen molar-refractivity contribution in [3.05, 3.63) is 102 Å². The van der Waals surface area contributed by atoms with E-state index in [0.717, 1.165) is 5.56 Å². The van der Waals surface area contributed by atoms with Crippen LogP contribution in [0.3, 0.4) is 0 Å². The van der Waals surface area contributed by atoms with Gasteiger partial charge in [0.15, 0.2) is 11.6 Å². The van der Waals surface area contributed by atoms with Gasteiger partial charge >= 0.3 is 0 Å². The summed E-state index contributed by atoms with van der Waals surface area (Å²) in [6.07, 6.45) is 0.342. The Kier molecular flexibility index (Phi) is 5.37. The fourth-order valence-corrected chi connectivity index (χ4v) is 4.18. The van der Waals surface area contributed by atoms with Crippen molar-refractivity contribution in [2.24, 2.45) is 0 Å². The Hall–Kier alpha value is -3.45. The van der Waals surface area contributed by atoms with Crippen LogP contribution in [-0.2, 0) is 16.4 Å². The lowest BCUT2D eigenvalue weighted by Crippen LogP contribution is -2.14. The largest absolute Gasteiger partial charge is 0.438 e. The second kappa shape index (κ2) is 8.12. The number of rotatable bonds is 6. The predicted molar refractivity (Wildman–Crippen MR) is 113 cm³/mol. The van der Waals surface area contributed by atoms with Crippen LogP contribution < -0.4 is 4.72 Å². The molecule has 0 aliphatic carbocycles. The van der Waals surface area contributed by atoms with E-state index in [0.29, 0.717) is 12.0 Å². The minimum atomic E-state index is -3.92. The van der Waals surface area contributed by atoms with Crippen LogP contribution in [0.1, 0.15) is 17.0 Å². The Morgan fingerprint density at radius 3 is 2.27 bits per heavy atom. The molecular formula is C23H19FN2O3S. The molecule has 0 amide bonds. The first-order valence-corrected chi connectivity index (χ1v) is 10.8. The first-order chi connectivity index (χ1) is 14.4. The standard InChI is InChI=1S/C23H19FN2O3S/c1-16-9-8-14-19(24)21(16)22-23(26-30(27,28)18-12-6-3-7-13-18)25-20(29-22)15-17-10-4-2-5-11-17/h2-14,26H,15H2,1H3. The van der Waals surface area contributed by atoms with E-state index in [4.69, 9.17) is 4.42 Å². The van der Waals surface area contributed by atoms with Crippen molar-refractivity contribution in [1.29, 1.82) is 0 Å². The topological polar surface area (TPSA) is 72.2 Å². The zero-order valence-electron chi connectivity index (χ0n) is 16.2. The van der Waals surface area contributed by atoms with Crippen LogP contribution in [0, 0.1) is 12.7 Å². The van der Waals surface area contributed by atoms with Gasteiger partial charge in [-0.3, -0.25) is 4.72 Å². The minimum absolute atomic E-state index is 0.0435. The maximum absolute atomic E-state index is 14.6. The Bertz CT molecular complexity index is 1250. The van der Waals surface area contributed by atoms with Crippen molar-refractivity contribution in [2.75, 3.05) is 4.72 Å². The molecule has 0 aliphatic heterocycles. The number of nitrogens with zero attached hydrogens (tertiary/aromatic N) is 1. The molecule has 0 saturated carbocycles. The highest BCUT2D eigenvalue weighted by molar-refractivity contribution is 7.92. The average Bonchev–Trinajstić information content (AvgIpc) is 3.10. The number of benzene rings is 3. The monoisotopic (exact) mass is 422 g/mol. The average molecular weight is 422 g/mol. The molecule has 0 radical (unpaired) electrons. The van der Waals surface area contributed by atoms with E-state index in [1.54, 1.807) is 37.3 Å². The van der Waals surface area contributed by atoms with E-state index < -0.39 is 15.8 Å². The van der Waals surface area contributed by atoms with Crippen LogP contribution >= 0.6 is 0 Å². The number of anilines is 1. The molecule has 7 heteroatoms. The quantitative estimate of drug-likeness (QED) is 0.465. The number of nitrogens with one attached hydrogen (secondary N) is 1. The highest BCUT2D eigenvalue weighted by Gasteiger charge is 2.24. The van der Waals surface area contributed by atoms with Gasteiger partial charge in [-0.1, -0.05) is 60.7 Å². The lowest BCUT2D eigenvalue weighted by atomic mass is 10.1. The van der Waals surface area contributed by atoms with Gasteiger partial charge in [-0.15, -0.1) is 0 Å². The van der Waals surface area contributed by atoms with Gasteiger partial charge in [0.25, 0.3) is 10.0 Å². The molecule has 0 saturated heterocycles. The molecule has 1 N–H and O–H groups in total. The van der Waals surface area contributed by atoms with Crippen LogP contribution in [0.5, 0.6) is 0 Å². The molecule has 152 valence electrons. The third-order valence-electron chi connectivity index (χ3n) is 4.60. The number of halogens is 1. The molecule has 30 heavy (non-hydrogen) atoms. The molecule has 0 bridgehead atoms. The van der Waals surface area contributed by atoms with Crippen LogP contribution in [0.25, 0.3) is 11.3 Å². The Morgan fingerprint density at radius 1 is 0.933 bits per heavy atom. The molecular weight excluding hydrogens is 403 g/mol. The summed E-state index contributed by atoms with van der Waals surface area (Å²) >= 11 is 0. The van der Waals surface area contributed by atoms with Crippen LogP contribution in [-0.4, -0.2) is 13.4 Å². The van der Waals surface area contributed by atoms with Gasteiger partial charge in [-0.2, -0.15) is 4.98 Å². The Labute approximate surface area is 174 Å². The third-order valence-corrected chi connectivity index (χ3v) is 5.96. The molecule has 4 rings (SSSR count). The number of aryl methyl sites for hydroxylation is 1. The van der Waals surface area contributed by atoms with Gasteiger partial charge in [-0.25, -0.2) is 12.8 Å². The summed E-state index contributed by atoms with van der Waals surface area (Å²) in [6, 6.07) is 22.0. The van der Waals surface area contributed by atoms with Gasteiger partial charge in [0.2, 0.25) is 5.89 Å². The predicted octanol–water partition coefficient (Wildman–Crippen LogP) is 5.18. The first kappa shape index (κ1) is 19.8. The summed E-state index contributed by atoms with van der Waals surface area (Å²) in [4.78, 5) is 4.43. The second-order valence-electron chi connectivity index (χ2n) is 6.80. The van der Waals surface area contributed by atoms with E-state index >= 15 is 0 Å². The van der Waals surface area contributed by atoms with Crippen molar-refractivity contribution in [1.82, 2.24) is 4.98 Å². The van der Waals surface area contributed by atoms with Crippen LogP contribution in [0.2, 0.25) is 0 Å². The molecule has 3 aromatic carbocycles. The smallest absolute Gasteiger partial charge is 0.263 e. The highest BCUT2D eigenvalue weighted by atomic mass is 32.2. The van der Waals surface area contributed by atoms with Gasteiger partial charge < -0.3 is 4.42 Å². The summed E-state index contributed by atoms with van der Waals surface area (Å²) in [6.45, 7) is 1.73. The summed E-state index contributed by atoms with van der Waals surface area (Å²) in [5.74, 6) is -0.226. The zero-order chi connectivity index (χ0) is 21.1. The van der Waals surface area contributed by atoms with Crippen molar-refractivity contribution in [2.45, 2.75) is 18.2 Å².